The van der Waals surface area contributed by atoms with Crippen LogP contribution in [0.3, 0.4) is 0 Å². The average molecular weight is 1010 g/mol. The number of hydrogen-bond donors (Lipinski definition) is 9. The number of ether oxygens (including phenoxy) is 4. The van der Waals surface area contributed by atoms with E-state index in [1.807, 2.05) is 0 Å². The van der Waals surface area contributed by atoms with E-state index >= 15 is 0 Å². The van der Waals surface area contributed by atoms with E-state index in [0.717, 1.165) is 57.8 Å². The van der Waals surface area contributed by atoms with Crippen LogP contribution in [-0.2, 0) is 23.7 Å². The molecule has 0 saturated carbocycles. The maximum Gasteiger partial charge on any atom is 0.220 e. The molecule has 0 aromatic heterocycles. The van der Waals surface area contributed by atoms with Gasteiger partial charge in [-0.25, -0.2) is 0 Å². The third kappa shape index (κ3) is 30.0. The van der Waals surface area contributed by atoms with Crippen molar-refractivity contribution >= 4 is 5.91 Å². The monoisotopic (exact) mass is 1010 g/mol. The first-order valence-corrected chi connectivity index (χ1v) is 29.1. The molecular formula is C57H107NO13. The van der Waals surface area contributed by atoms with E-state index in [0.29, 0.717) is 19.3 Å². The molecule has 1 amide bonds. The maximum absolute atomic E-state index is 13.3. The summed E-state index contributed by atoms with van der Waals surface area (Å²) in [5, 5.41) is 87.2. The molecule has 14 nitrogen and oxygen atoms in total. The van der Waals surface area contributed by atoms with Crippen molar-refractivity contribution in [3.05, 3.63) is 24.3 Å². The number of carbonyl (C=O) groups is 1. The number of allylic oxidation sites excluding steroid dienone is 4. The molecule has 71 heavy (non-hydrogen) atoms. The van der Waals surface area contributed by atoms with Gasteiger partial charge in [-0.3, -0.25) is 4.79 Å². The quantitative estimate of drug-likeness (QED) is 0.0205. The molecule has 2 saturated heterocycles. The van der Waals surface area contributed by atoms with Gasteiger partial charge in [0.25, 0.3) is 0 Å². The van der Waals surface area contributed by atoms with Crippen molar-refractivity contribution in [1.29, 1.82) is 0 Å². The van der Waals surface area contributed by atoms with E-state index in [1.54, 1.807) is 0 Å². The van der Waals surface area contributed by atoms with Gasteiger partial charge in [-0.1, -0.05) is 212 Å². The molecule has 2 aliphatic heterocycles. The number of nitrogens with one attached hydrogen (secondary N) is 1. The lowest BCUT2D eigenvalue weighted by molar-refractivity contribution is -0.359. The van der Waals surface area contributed by atoms with Crippen molar-refractivity contribution in [2.45, 2.75) is 312 Å². The van der Waals surface area contributed by atoms with Crippen LogP contribution < -0.4 is 5.32 Å². The highest BCUT2D eigenvalue weighted by atomic mass is 16.7. The summed E-state index contributed by atoms with van der Waals surface area (Å²) in [7, 11) is 0. The lowest BCUT2D eigenvalue weighted by atomic mass is 9.97. The van der Waals surface area contributed by atoms with Crippen LogP contribution in [0.2, 0.25) is 0 Å². The molecular weight excluding hydrogens is 907 g/mol. The Morgan fingerprint density at radius 3 is 1.42 bits per heavy atom. The minimum absolute atomic E-state index is 0.213. The van der Waals surface area contributed by atoms with E-state index < -0.39 is 86.8 Å². The molecule has 2 aliphatic rings. The van der Waals surface area contributed by atoms with Gasteiger partial charge in [0.05, 0.1) is 32.0 Å². The Morgan fingerprint density at radius 2 is 0.930 bits per heavy atom. The van der Waals surface area contributed by atoms with Gasteiger partial charge in [0.15, 0.2) is 12.6 Å². The Bertz CT molecular complexity index is 1290. The number of amides is 1. The van der Waals surface area contributed by atoms with Gasteiger partial charge in [-0.2, -0.15) is 0 Å². The fourth-order valence-corrected chi connectivity index (χ4v) is 9.68. The van der Waals surface area contributed by atoms with Crippen LogP contribution in [0.25, 0.3) is 0 Å². The zero-order valence-corrected chi connectivity index (χ0v) is 44.7. The highest BCUT2D eigenvalue weighted by molar-refractivity contribution is 5.76. The number of unbranched alkanes of at least 4 members (excludes halogenated alkanes) is 29. The summed E-state index contributed by atoms with van der Waals surface area (Å²) in [6.07, 6.45) is 33.1. The van der Waals surface area contributed by atoms with Crippen LogP contribution in [0.5, 0.6) is 0 Å². The van der Waals surface area contributed by atoms with Crippen LogP contribution in [0.15, 0.2) is 24.3 Å². The van der Waals surface area contributed by atoms with E-state index in [4.69, 9.17) is 18.9 Å². The fraction of sp³-hybridized carbons (Fsp3) is 0.912. The summed E-state index contributed by atoms with van der Waals surface area (Å²) < 4.78 is 22.8. The molecule has 0 aromatic rings. The third-order valence-electron chi connectivity index (χ3n) is 14.4. The first-order valence-electron chi connectivity index (χ1n) is 29.1. The van der Waals surface area contributed by atoms with Crippen molar-refractivity contribution in [2.75, 3.05) is 19.8 Å². The predicted molar refractivity (Wildman–Crippen MR) is 282 cm³/mol. The summed E-state index contributed by atoms with van der Waals surface area (Å²) in [5.41, 5.74) is 0. The molecule has 418 valence electrons. The topological polar surface area (TPSA) is 228 Å². The molecule has 0 aromatic carbocycles. The van der Waals surface area contributed by atoms with Crippen LogP contribution in [0.4, 0.5) is 0 Å². The Morgan fingerprint density at radius 1 is 0.507 bits per heavy atom. The molecule has 12 unspecified atom stereocenters. The zero-order chi connectivity index (χ0) is 51.7. The van der Waals surface area contributed by atoms with Gasteiger partial charge in [0, 0.05) is 6.42 Å². The lowest BCUT2D eigenvalue weighted by Gasteiger charge is -2.46. The first kappa shape index (κ1) is 65.6. The molecule has 12 atom stereocenters. The number of rotatable bonds is 46. The predicted octanol–water partition coefficient (Wildman–Crippen LogP) is 9.28. The number of aliphatic hydroxyl groups is 8. The average Bonchev–Trinajstić information content (AvgIpc) is 3.37. The molecule has 0 aliphatic carbocycles. The summed E-state index contributed by atoms with van der Waals surface area (Å²) in [6.45, 7) is 2.85. The summed E-state index contributed by atoms with van der Waals surface area (Å²) in [4.78, 5) is 13.3. The second kappa shape index (κ2) is 43.7. The van der Waals surface area contributed by atoms with E-state index in [9.17, 15) is 45.6 Å². The van der Waals surface area contributed by atoms with Crippen molar-refractivity contribution in [3.63, 3.8) is 0 Å². The standard InChI is InChI=1S/C57H107NO13/c1-3-5-7-9-11-13-15-17-19-21-23-24-26-28-30-32-34-36-38-40-46(61)45(58-49(62)41-39-37-35-33-31-29-27-25-22-20-18-16-14-12-10-8-6-4-2)44-68-56-54(67)52(65)55(48(43-60)70-56)71-57-53(66)51(64)50(63)47(42-59)69-57/h14,16,20,22,45-48,50-57,59-61,63-67H,3-13,15,17-19,21,23-44H2,1-2H3,(H,58,62)/b16-14-,22-20-. The summed E-state index contributed by atoms with van der Waals surface area (Å²) in [6, 6.07) is -0.831. The molecule has 2 fully saturated rings. The van der Waals surface area contributed by atoms with Gasteiger partial charge in [0.2, 0.25) is 5.91 Å². The zero-order valence-electron chi connectivity index (χ0n) is 44.7. The highest BCUT2D eigenvalue weighted by Crippen LogP contribution is 2.30. The molecule has 0 spiro atoms. The van der Waals surface area contributed by atoms with Crippen molar-refractivity contribution in [3.8, 4) is 0 Å². The van der Waals surface area contributed by atoms with Gasteiger partial charge in [-0.15, -0.1) is 0 Å². The number of carbonyl (C=O) groups excluding carboxylic acids is 1. The normalized spacial score (nSPS) is 25.9. The lowest BCUT2D eigenvalue weighted by Crippen LogP contribution is -2.65. The van der Waals surface area contributed by atoms with Crippen molar-refractivity contribution < 1.29 is 64.6 Å². The van der Waals surface area contributed by atoms with E-state index in [-0.39, 0.29) is 12.5 Å². The maximum atomic E-state index is 13.3. The van der Waals surface area contributed by atoms with Gasteiger partial charge < -0.3 is 65.1 Å². The minimum atomic E-state index is -1.78. The second-order valence-electron chi connectivity index (χ2n) is 20.8. The van der Waals surface area contributed by atoms with E-state index in [1.165, 1.54) is 148 Å². The highest BCUT2D eigenvalue weighted by Gasteiger charge is 2.51. The van der Waals surface area contributed by atoms with Crippen LogP contribution in [0.1, 0.15) is 239 Å². The summed E-state index contributed by atoms with van der Waals surface area (Å²) >= 11 is 0. The molecule has 2 rings (SSSR count). The molecule has 0 bridgehead atoms. The molecule has 14 heteroatoms. The van der Waals surface area contributed by atoms with Crippen LogP contribution >= 0.6 is 0 Å². The SMILES string of the molecule is CCCCCC/C=C\C/C=C\CCCCCCCCCC(=O)NC(COC1OC(CO)C(OC2OC(CO)C(O)C(O)C2O)C(O)C1O)C(O)CCCCCCCCCCCCCCCCCCCCC. The smallest absolute Gasteiger partial charge is 0.220 e. The van der Waals surface area contributed by atoms with Crippen LogP contribution in [-0.4, -0.2) is 140 Å². The van der Waals surface area contributed by atoms with Crippen molar-refractivity contribution in [2.24, 2.45) is 0 Å². The van der Waals surface area contributed by atoms with Crippen molar-refractivity contribution in [1.82, 2.24) is 5.32 Å². The first-order chi connectivity index (χ1) is 34.6. The molecule has 2 heterocycles. The fourth-order valence-electron chi connectivity index (χ4n) is 9.68. The minimum Gasteiger partial charge on any atom is -0.394 e. The summed E-state index contributed by atoms with van der Waals surface area (Å²) in [5.74, 6) is -0.213. The number of aliphatic hydroxyl groups excluding tert-OH is 8. The Kier molecular flexibility index (Phi) is 40.4. The van der Waals surface area contributed by atoms with Gasteiger partial charge >= 0.3 is 0 Å². The van der Waals surface area contributed by atoms with Gasteiger partial charge in [0.1, 0.15) is 48.8 Å². The van der Waals surface area contributed by atoms with Gasteiger partial charge in [-0.05, 0) is 44.9 Å². The Hall–Kier alpha value is -1.53. The molecule has 0 radical (unpaired) electrons. The largest absolute Gasteiger partial charge is 0.394 e. The second-order valence-corrected chi connectivity index (χ2v) is 20.8. The molecule has 9 N–H and O–H groups in total. The van der Waals surface area contributed by atoms with Crippen LogP contribution in [0, 0.1) is 0 Å². The third-order valence-corrected chi connectivity index (χ3v) is 14.4. The Balaban J connectivity index is 1.78. The Labute approximate surface area is 430 Å². The van der Waals surface area contributed by atoms with E-state index in [2.05, 4.69) is 43.5 Å². The number of hydrogen-bond acceptors (Lipinski definition) is 13.